The summed E-state index contributed by atoms with van der Waals surface area (Å²) >= 11 is 4.92. The Bertz CT molecular complexity index is 1090. The Hall–Kier alpha value is -2.44. The quantitative estimate of drug-likeness (QED) is 0.350. The van der Waals surface area contributed by atoms with Crippen molar-refractivity contribution in [2.75, 3.05) is 0 Å². The molecule has 3 aromatic rings. The highest BCUT2D eigenvalue weighted by atomic mass is 79.9. The zero-order valence-corrected chi connectivity index (χ0v) is 18.4. The monoisotopic (exact) mass is 465 g/mol. The second-order valence-corrected chi connectivity index (χ2v) is 8.84. The Balaban J connectivity index is 1.61. The summed E-state index contributed by atoms with van der Waals surface area (Å²) in [5, 5.41) is 11.5. The number of thioether (sulfide) groups is 1. The normalized spacial score (nSPS) is 18.4. The number of carbonyl (C=O) groups excluding carboxylic acids is 1. The van der Waals surface area contributed by atoms with Gasteiger partial charge >= 0.3 is 0 Å². The number of halogens is 1. The van der Waals surface area contributed by atoms with Crippen LogP contribution in [0.15, 0.2) is 81.4 Å². The van der Waals surface area contributed by atoms with Gasteiger partial charge in [-0.25, -0.2) is 0 Å². The van der Waals surface area contributed by atoms with Gasteiger partial charge in [0.05, 0.1) is 18.0 Å². The molecule has 29 heavy (non-hydrogen) atoms. The van der Waals surface area contributed by atoms with Crippen LogP contribution in [0.4, 0.5) is 0 Å². The molecule has 1 unspecified atom stereocenters. The van der Waals surface area contributed by atoms with E-state index in [9.17, 15) is 4.79 Å². The highest BCUT2D eigenvalue weighted by Crippen LogP contribution is 2.32. The predicted octanol–water partition coefficient (Wildman–Crippen LogP) is 5.85. The summed E-state index contributed by atoms with van der Waals surface area (Å²) in [4.78, 5) is 14.7. The fraction of sp³-hybridized carbons (Fsp3) is 0.174. The molecule has 1 heterocycles. The zero-order chi connectivity index (χ0) is 20.2. The van der Waals surface area contributed by atoms with Crippen molar-refractivity contribution in [1.29, 1.82) is 0 Å². The maximum atomic E-state index is 12.9. The molecule has 146 valence electrons. The van der Waals surface area contributed by atoms with Gasteiger partial charge in [0.1, 0.15) is 0 Å². The lowest BCUT2D eigenvalue weighted by Crippen LogP contribution is -2.31. The van der Waals surface area contributed by atoms with Crippen LogP contribution in [0, 0.1) is 0 Å². The molecule has 0 radical (unpaired) electrons. The fourth-order valence-corrected chi connectivity index (χ4v) is 4.57. The van der Waals surface area contributed by atoms with E-state index in [4.69, 9.17) is 0 Å². The Morgan fingerprint density at radius 3 is 2.62 bits per heavy atom. The highest BCUT2D eigenvalue weighted by Gasteiger charge is 2.37. The van der Waals surface area contributed by atoms with E-state index in [0.29, 0.717) is 11.7 Å². The van der Waals surface area contributed by atoms with Gasteiger partial charge in [-0.2, -0.15) is 5.10 Å². The standard InChI is InChI=1S/C23H20BrN3OS/c1-2-21-22(28)27(15-18-8-5-7-17-6-3-4-9-20(17)18)23(29-21)26-25-14-16-10-12-19(24)13-11-16/h3-14,21H,2,15H2,1H3/b25-14+,26-23-. The third-order valence-electron chi connectivity index (χ3n) is 4.82. The third-order valence-corrected chi connectivity index (χ3v) is 6.68. The summed E-state index contributed by atoms with van der Waals surface area (Å²) in [5.74, 6) is 0.100. The number of fused-ring (bicyclic) bond motifs is 1. The average molecular weight is 466 g/mol. The largest absolute Gasteiger partial charge is 0.284 e. The number of hydrogen-bond donors (Lipinski definition) is 0. The van der Waals surface area contributed by atoms with Crippen LogP contribution < -0.4 is 0 Å². The SMILES string of the molecule is CCC1S/C(=N\N=C\c2ccc(Br)cc2)N(Cc2cccc3ccccc23)C1=O. The first-order valence-corrected chi connectivity index (χ1v) is 11.1. The van der Waals surface area contributed by atoms with Gasteiger partial charge in [0.25, 0.3) is 0 Å². The van der Waals surface area contributed by atoms with E-state index in [-0.39, 0.29) is 11.2 Å². The fourth-order valence-electron chi connectivity index (χ4n) is 3.28. The highest BCUT2D eigenvalue weighted by molar-refractivity contribution is 9.10. The Kier molecular flexibility index (Phi) is 6.11. The second kappa shape index (κ2) is 8.93. The summed E-state index contributed by atoms with van der Waals surface area (Å²) in [7, 11) is 0. The molecule has 1 amide bonds. The van der Waals surface area contributed by atoms with E-state index in [2.05, 4.69) is 50.4 Å². The molecule has 1 aliphatic rings. The lowest BCUT2D eigenvalue weighted by Gasteiger charge is -2.17. The summed E-state index contributed by atoms with van der Waals surface area (Å²) in [6.45, 7) is 2.52. The summed E-state index contributed by atoms with van der Waals surface area (Å²) in [5.41, 5.74) is 2.07. The van der Waals surface area contributed by atoms with Gasteiger partial charge in [-0.1, -0.05) is 89.2 Å². The molecule has 4 rings (SSSR count). The number of benzene rings is 3. The van der Waals surface area contributed by atoms with Gasteiger partial charge in [0.2, 0.25) is 5.91 Å². The first kappa shape index (κ1) is 19.9. The van der Waals surface area contributed by atoms with E-state index < -0.39 is 0 Å². The number of nitrogens with zero attached hydrogens (tertiary/aromatic N) is 3. The molecular formula is C23H20BrN3OS. The van der Waals surface area contributed by atoms with Crippen LogP contribution in [0.1, 0.15) is 24.5 Å². The van der Waals surface area contributed by atoms with E-state index in [1.165, 1.54) is 17.1 Å². The first-order valence-electron chi connectivity index (χ1n) is 9.47. The zero-order valence-electron chi connectivity index (χ0n) is 16.0. The van der Waals surface area contributed by atoms with Gasteiger partial charge in [0, 0.05) is 4.47 Å². The molecule has 1 saturated heterocycles. The maximum Gasteiger partial charge on any atom is 0.242 e. The van der Waals surface area contributed by atoms with Crippen molar-refractivity contribution in [3.05, 3.63) is 82.3 Å². The molecule has 6 heteroatoms. The van der Waals surface area contributed by atoms with Crippen LogP contribution in [-0.2, 0) is 11.3 Å². The third kappa shape index (κ3) is 4.43. The minimum Gasteiger partial charge on any atom is -0.284 e. The van der Waals surface area contributed by atoms with Crippen molar-refractivity contribution in [2.45, 2.75) is 25.1 Å². The van der Waals surface area contributed by atoms with Gasteiger partial charge in [-0.15, -0.1) is 5.10 Å². The Morgan fingerprint density at radius 1 is 1.07 bits per heavy atom. The maximum absolute atomic E-state index is 12.9. The van der Waals surface area contributed by atoms with E-state index >= 15 is 0 Å². The number of amides is 1. The van der Waals surface area contributed by atoms with Crippen LogP contribution in [0.25, 0.3) is 10.8 Å². The lowest BCUT2D eigenvalue weighted by atomic mass is 10.0. The molecule has 1 atom stereocenters. The molecule has 0 N–H and O–H groups in total. The number of rotatable bonds is 5. The molecule has 0 aromatic heterocycles. The minimum atomic E-state index is -0.105. The smallest absolute Gasteiger partial charge is 0.242 e. The molecular weight excluding hydrogens is 446 g/mol. The molecule has 0 saturated carbocycles. The van der Waals surface area contributed by atoms with Crippen molar-refractivity contribution in [3.8, 4) is 0 Å². The second-order valence-electron chi connectivity index (χ2n) is 6.76. The van der Waals surface area contributed by atoms with Crippen molar-refractivity contribution >= 4 is 55.8 Å². The van der Waals surface area contributed by atoms with Crippen molar-refractivity contribution in [3.63, 3.8) is 0 Å². The summed E-state index contributed by atoms with van der Waals surface area (Å²) < 4.78 is 1.02. The predicted molar refractivity (Wildman–Crippen MR) is 125 cm³/mol. The Morgan fingerprint density at radius 2 is 1.83 bits per heavy atom. The van der Waals surface area contributed by atoms with Gasteiger partial charge < -0.3 is 0 Å². The van der Waals surface area contributed by atoms with Gasteiger partial charge in [-0.3, -0.25) is 9.69 Å². The molecule has 1 fully saturated rings. The van der Waals surface area contributed by atoms with E-state index in [0.717, 1.165) is 27.4 Å². The molecule has 0 bridgehead atoms. The van der Waals surface area contributed by atoms with Crippen molar-refractivity contribution < 1.29 is 4.79 Å². The van der Waals surface area contributed by atoms with Gasteiger partial charge in [-0.05, 0) is 40.5 Å². The molecule has 0 spiro atoms. The lowest BCUT2D eigenvalue weighted by molar-refractivity contribution is -0.126. The number of hydrogen-bond acceptors (Lipinski definition) is 4. The van der Waals surface area contributed by atoms with Crippen molar-refractivity contribution in [2.24, 2.45) is 10.2 Å². The summed E-state index contributed by atoms with van der Waals surface area (Å²) in [6.07, 6.45) is 2.48. The molecule has 1 aliphatic heterocycles. The number of carbonyl (C=O) groups is 1. The molecule has 3 aromatic carbocycles. The molecule has 0 aliphatic carbocycles. The van der Waals surface area contributed by atoms with Gasteiger partial charge in [0.15, 0.2) is 5.17 Å². The summed E-state index contributed by atoms with van der Waals surface area (Å²) in [6, 6.07) is 22.3. The van der Waals surface area contributed by atoms with Crippen LogP contribution >= 0.6 is 27.7 Å². The van der Waals surface area contributed by atoms with Crippen LogP contribution in [0.3, 0.4) is 0 Å². The topological polar surface area (TPSA) is 45.0 Å². The van der Waals surface area contributed by atoms with Crippen LogP contribution in [-0.4, -0.2) is 27.4 Å². The number of amidine groups is 1. The minimum absolute atomic E-state index is 0.100. The van der Waals surface area contributed by atoms with Crippen LogP contribution in [0.2, 0.25) is 0 Å². The molecule has 4 nitrogen and oxygen atoms in total. The van der Waals surface area contributed by atoms with Crippen molar-refractivity contribution in [1.82, 2.24) is 4.90 Å². The Labute approximate surface area is 182 Å². The first-order chi connectivity index (χ1) is 14.2. The average Bonchev–Trinajstić information content (AvgIpc) is 3.04. The van der Waals surface area contributed by atoms with E-state index in [1.807, 2.05) is 49.4 Å². The van der Waals surface area contributed by atoms with Crippen LogP contribution in [0.5, 0.6) is 0 Å². The van der Waals surface area contributed by atoms with E-state index in [1.54, 1.807) is 11.1 Å².